The van der Waals surface area contributed by atoms with Crippen LogP contribution in [0.25, 0.3) is 0 Å². The van der Waals surface area contributed by atoms with E-state index in [1.807, 2.05) is 0 Å². The highest BCUT2D eigenvalue weighted by Gasteiger charge is 2.10. The summed E-state index contributed by atoms with van der Waals surface area (Å²) in [7, 11) is 3.20. The van der Waals surface area contributed by atoms with Gasteiger partial charge in [-0.05, 0) is 29.6 Å². The number of hydrogen-bond acceptors (Lipinski definition) is 3. The van der Waals surface area contributed by atoms with Gasteiger partial charge in [-0.15, -0.1) is 0 Å². The Morgan fingerprint density at radius 1 is 0.810 bits per heavy atom. The first-order valence-electron chi connectivity index (χ1n) is 9.00. The summed E-state index contributed by atoms with van der Waals surface area (Å²) in [5, 5.41) is 0.240. The average molecular weight is 333 g/mol. The van der Waals surface area contributed by atoms with Crippen molar-refractivity contribution in [3.63, 3.8) is 0 Å². The molecule has 0 saturated carbocycles. The van der Waals surface area contributed by atoms with E-state index in [0.29, 0.717) is 0 Å². The van der Waals surface area contributed by atoms with E-state index in [1.165, 1.54) is 87.8 Å². The average Bonchev–Trinajstić information content (AvgIpc) is 2.46. The van der Waals surface area contributed by atoms with Crippen molar-refractivity contribution in [2.45, 2.75) is 97.8 Å². The molecule has 0 aliphatic carbocycles. The van der Waals surface area contributed by atoms with Crippen LogP contribution in [0, 0.1) is 5.92 Å². The summed E-state index contributed by atoms with van der Waals surface area (Å²) in [6.45, 7) is 6.21. The number of rotatable bonds is 15. The van der Waals surface area contributed by atoms with Crippen molar-refractivity contribution in [3.8, 4) is 0 Å². The molecular weight excluding hydrogens is 296 g/mol. The van der Waals surface area contributed by atoms with Gasteiger partial charge in [-0.3, -0.25) is 4.79 Å². The molecule has 0 N–H and O–H groups in total. The maximum Gasteiger partial charge on any atom is 0.196 e. The van der Waals surface area contributed by atoms with Crippen molar-refractivity contribution in [2.75, 3.05) is 5.75 Å². The van der Waals surface area contributed by atoms with E-state index in [4.69, 9.17) is 0 Å². The number of hydrogen-bond donors (Lipinski definition) is 0. The summed E-state index contributed by atoms with van der Waals surface area (Å²) in [5.41, 5.74) is 0. The Labute approximate surface area is 141 Å². The Morgan fingerprint density at radius 2 is 1.29 bits per heavy atom. The minimum atomic E-state index is 0.240. The van der Waals surface area contributed by atoms with E-state index in [2.05, 4.69) is 13.8 Å². The summed E-state index contributed by atoms with van der Waals surface area (Å²) in [6, 6.07) is 0. The molecule has 0 aromatic carbocycles. The lowest BCUT2D eigenvalue weighted by atomic mass is 9.96. The van der Waals surface area contributed by atoms with Crippen LogP contribution in [0.5, 0.6) is 0 Å². The largest absolute Gasteiger partial charge is 0.287 e. The van der Waals surface area contributed by atoms with Gasteiger partial charge in [0.2, 0.25) is 0 Å². The van der Waals surface area contributed by atoms with Gasteiger partial charge in [0.05, 0.1) is 0 Å². The standard InChI is InChI=1S/C18H36OS2/c1-4-6-8-10-11-13-15-18(14-12-9-7-5-2)16-20-21-17(3)19/h18H,4-16H2,1-3H3. The highest BCUT2D eigenvalue weighted by atomic mass is 33.1. The van der Waals surface area contributed by atoms with Gasteiger partial charge in [0.25, 0.3) is 0 Å². The van der Waals surface area contributed by atoms with E-state index < -0.39 is 0 Å². The van der Waals surface area contributed by atoms with Gasteiger partial charge in [-0.25, -0.2) is 0 Å². The van der Waals surface area contributed by atoms with Crippen molar-refractivity contribution in [1.29, 1.82) is 0 Å². The van der Waals surface area contributed by atoms with Crippen molar-refractivity contribution in [2.24, 2.45) is 5.92 Å². The third-order valence-corrected chi connectivity index (χ3v) is 6.34. The third-order valence-electron chi connectivity index (χ3n) is 3.91. The summed E-state index contributed by atoms with van der Waals surface area (Å²) in [4.78, 5) is 11.0. The number of carbonyl (C=O) groups excluding carboxylic acids is 1. The van der Waals surface area contributed by atoms with Crippen LogP contribution in [0.1, 0.15) is 97.8 Å². The summed E-state index contributed by atoms with van der Waals surface area (Å²) < 4.78 is 0. The van der Waals surface area contributed by atoms with E-state index in [0.717, 1.165) is 11.7 Å². The van der Waals surface area contributed by atoms with Crippen LogP contribution in [0.15, 0.2) is 0 Å². The molecule has 0 aliphatic heterocycles. The van der Waals surface area contributed by atoms with E-state index >= 15 is 0 Å². The molecule has 0 fully saturated rings. The zero-order valence-electron chi connectivity index (χ0n) is 14.5. The molecule has 0 aromatic heterocycles. The summed E-state index contributed by atoms with van der Waals surface area (Å²) in [6.07, 6.45) is 16.5. The van der Waals surface area contributed by atoms with Crippen LogP contribution in [0.4, 0.5) is 0 Å². The summed E-state index contributed by atoms with van der Waals surface area (Å²) >= 11 is 0. The smallest absolute Gasteiger partial charge is 0.196 e. The van der Waals surface area contributed by atoms with Gasteiger partial charge in [0.15, 0.2) is 5.12 Å². The van der Waals surface area contributed by atoms with Gasteiger partial charge in [0.1, 0.15) is 0 Å². The zero-order chi connectivity index (χ0) is 15.8. The molecule has 0 aliphatic rings. The van der Waals surface area contributed by atoms with Gasteiger partial charge in [0, 0.05) is 12.7 Å². The highest BCUT2D eigenvalue weighted by molar-refractivity contribution is 8.82. The Kier molecular flexibility index (Phi) is 17.0. The lowest BCUT2D eigenvalue weighted by Crippen LogP contribution is -2.04. The molecule has 0 radical (unpaired) electrons. The van der Waals surface area contributed by atoms with E-state index in [1.54, 1.807) is 17.7 Å². The third kappa shape index (κ3) is 16.6. The lowest BCUT2D eigenvalue weighted by molar-refractivity contribution is -0.109. The Morgan fingerprint density at radius 3 is 1.81 bits per heavy atom. The molecule has 0 spiro atoms. The SMILES string of the molecule is CCCCCCCCC(CCCCCC)CSSC(C)=O. The van der Waals surface area contributed by atoms with Gasteiger partial charge >= 0.3 is 0 Å². The van der Waals surface area contributed by atoms with Crippen LogP contribution < -0.4 is 0 Å². The molecule has 0 heterocycles. The predicted molar refractivity (Wildman–Crippen MR) is 101 cm³/mol. The second-order valence-electron chi connectivity index (χ2n) is 6.13. The van der Waals surface area contributed by atoms with E-state index in [-0.39, 0.29) is 5.12 Å². The molecule has 3 heteroatoms. The maximum absolute atomic E-state index is 11.0. The Balaban J connectivity index is 3.74. The fourth-order valence-corrected chi connectivity index (χ4v) is 4.64. The fourth-order valence-electron chi connectivity index (χ4n) is 2.60. The van der Waals surface area contributed by atoms with Crippen LogP contribution in [0.3, 0.4) is 0 Å². The number of carbonyl (C=O) groups is 1. The molecule has 0 amide bonds. The predicted octanol–water partition coefficient (Wildman–Crippen LogP) is 7.25. The molecule has 1 atom stereocenters. The molecule has 1 nitrogen and oxygen atoms in total. The first-order chi connectivity index (χ1) is 10.2. The molecule has 21 heavy (non-hydrogen) atoms. The minimum Gasteiger partial charge on any atom is -0.287 e. The monoisotopic (exact) mass is 332 g/mol. The summed E-state index contributed by atoms with van der Waals surface area (Å²) in [5.74, 6) is 1.98. The van der Waals surface area contributed by atoms with Crippen molar-refractivity contribution in [3.05, 3.63) is 0 Å². The molecule has 1 unspecified atom stereocenters. The molecule has 0 aromatic rings. The Hall–Kier alpha value is 0.370. The van der Waals surface area contributed by atoms with Crippen molar-refractivity contribution >= 4 is 26.7 Å². The highest BCUT2D eigenvalue weighted by Crippen LogP contribution is 2.29. The van der Waals surface area contributed by atoms with Crippen LogP contribution in [-0.4, -0.2) is 10.9 Å². The van der Waals surface area contributed by atoms with Crippen molar-refractivity contribution in [1.82, 2.24) is 0 Å². The van der Waals surface area contributed by atoms with Crippen molar-refractivity contribution < 1.29 is 4.79 Å². The van der Waals surface area contributed by atoms with Crippen LogP contribution in [-0.2, 0) is 4.79 Å². The second kappa shape index (κ2) is 16.7. The Bertz CT molecular complexity index is 231. The fraction of sp³-hybridized carbons (Fsp3) is 0.944. The quantitative estimate of drug-likeness (QED) is 0.232. The number of unbranched alkanes of at least 4 members (excludes halogenated alkanes) is 8. The van der Waals surface area contributed by atoms with Gasteiger partial charge in [-0.1, -0.05) is 88.8 Å². The van der Waals surface area contributed by atoms with Gasteiger partial charge < -0.3 is 0 Å². The molecular formula is C18H36OS2. The van der Waals surface area contributed by atoms with Crippen LogP contribution >= 0.6 is 21.6 Å². The minimum absolute atomic E-state index is 0.240. The van der Waals surface area contributed by atoms with Crippen LogP contribution in [0.2, 0.25) is 0 Å². The molecule has 126 valence electrons. The zero-order valence-corrected chi connectivity index (χ0v) is 16.1. The maximum atomic E-state index is 11.0. The topological polar surface area (TPSA) is 17.1 Å². The second-order valence-corrected chi connectivity index (χ2v) is 8.65. The first kappa shape index (κ1) is 21.4. The normalized spacial score (nSPS) is 12.5. The molecule has 0 rings (SSSR count). The van der Waals surface area contributed by atoms with E-state index in [9.17, 15) is 4.79 Å². The lowest BCUT2D eigenvalue weighted by Gasteiger charge is -2.16. The molecule has 0 saturated heterocycles. The van der Waals surface area contributed by atoms with Gasteiger partial charge in [-0.2, -0.15) is 0 Å². The first-order valence-corrected chi connectivity index (χ1v) is 11.3. The molecule has 0 bridgehead atoms.